The molecule has 7 nitrogen and oxygen atoms in total. The minimum Gasteiger partial charge on any atom is -0.375 e. The Labute approximate surface area is 124 Å². The molecule has 0 radical (unpaired) electrons. The van der Waals surface area contributed by atoms with Crippen LogP contribution >= 0.6 is 0 Å². The van der Waals surface area contributed by atoms with E-state index in [1.807, 2.05) is 27.7 Å². The summed E-state index contributed by atoms with van der Waals surface area (Å²) in [5.74, 6) is 6.11. The molecule has 1 amide bonds. The highest BCUT2D eigenvalue weighted by atomic mass is 16.5. The first-order valence-electron chi connectivity index (χ1n) is 7.20. The Hall–Kier alpha value is -1.73. The minimum absolute atomic E-state index is 0.0109. The number of nitrogens with zero attached hydrogens (tertiary/aromatic N) is 3. The van der Waals surface area contributed by atoms with Crippen molar-refractivity contribution in [3.63, 3.8) is 0 Å². The molecule has 7 heteroatoms. The highest BCUT2D eigenvalue weighted by molar-refractivity contribution is 5.97. The average Bonchev–Trinajstić information content (AvgIpc) is 2.48. The lowest BCUT2D eigenvalue weighted by atomic mass is 10.1. The highest BCUT2D eigenvalue weighted by Gasteiger charge is 2.30. The van der Waals surface area contributed by atoms with Crippen LogP contribution in [0.2, 0.25) is 0 Å². The van der Waals surface area contributed by atoms with E-state index in [0.29, 0.717) is 30.4 Å². The zero-order chi connectivity index (χ0) is 15.6. The molecule has 1 aromatic rings. The van der Waals surface area contributed by atoms with Crippen LogP contribution in [-0.2, 0) is 4.74 Å². The van der Waals surface area contributed by atoms with E-state index in [1.54, 1.807) is 11.1 Å². The van der Waals surface area contributed by atoms with Gasteiger partial charge in [-0.15, -0.1) is 0 Å². The number of hydrogen-bond donors (Lipinski definition) is 2. The van der Waals surface area contributed by atoms with Crippen LogP contribution < -0.4 is 11.3 Å². The highest BCUT2D eigenvalue weighted by Crippen LogP contribution is 2.20. The zero-order valence-corrected chi connectivity index (χ0v) is 13.0. The van der Waals surface area contributed by atoms with Gasteiger partial charge < -0.3 is 15.1 Å². The van der Waals surface area contributed by atoms with Crippen LogP contribution in [0.3, 0.4) is 0 Å². The molecule has 0 spiro atoms. The van der Waals surface area contributed by atoms with Gasteiger partial charge in [-0.05, 0) is 13.8 Å². The van der Waals surface area contributed by atoms with E-state index >= 15 is 0 Å². The molecule has 1 fully saturated rings. The molecular formula is C14H23N5O2. The number of carbonyl (C=O) groups is 1. The lowest BCUT2D eigenvalue weighted by Crippen LogP contribution is -2.50. The first-order valence-corrected chi connectivity index (χ1v) is 7.20. The molecule has 3 N–H and O–H groups in total. The molecule has 1 aliphatic heterocycles. The number of ether oxygens (including phenoxy) is 1. The number of morpholine rings is 1. The van der Waals surface area contributed by atoms with Gasteiger partial charge in [0.25, 0.3) is 5.91 Å². The molecule has 116 valence electrons. The third-order valence-corrected chi connectivity index (χ3v) is 3.55. The summed E-state index contributed by atoms with van der Waals surface area (Å²) in [7, 11) is 0. The van der Waals surface area contributed by atoms with E-state index in [9.17, 15) is 4.79 Å². The fraction of sp³-hybridized carbons (Fsp3) is 0.643. The molecule has 0 aliphatic carbocycles. The van der Waals surface area contributed by atoms with Crippen molar-refractivity contribution in [3.8, 4) is 0 Å². The predicted octanol–water partition coefficient (Wildman–Crippen LogP) is 1.14. The van der Waals surface area contributed by atoms with Gasteiger partial charge in [-0.1, -0.05) is 13.8 Å². The number of aromatic nitrogens is 2. The van der Waals surface area contributed by atoms with Crippen LogP contribution in [0.1, 0.15) is 49.9 Å². The van der Waals surface area contributed by atoms with Gasteiger partial charge in [-0.25, -0.2) is 9.97 Å². The van der Waals surface area contributed by atoms with E-state index in [4.69, 9.17) is 10.6 Å². The number of nitrogens with one attached hydrogen (secondary N) is 1. The molecule has 2 heterocycles. The average molecular weight is 293 g/mol. The molecular weight excluding hydrogens is 270 g/mol. The van der Waals surface area contributed by atoms with Gasteiger partial charge in [-0.2, -0.15) is 0 Å². The van der Waals surface area contributed by atoms with Crippen LogP contribution in [0.4, 0.5) is 5.69 Å². The van der Waals surface area contributed by atoms with Crippen LogP contribution in [0.25, 0.3) is 0 Å². The van der Waals surface area contributed by atoms with Crippen molar-refractivity contribution in [2.24, 2.45) is 5.84 Å². The van der Waals surface area contributed by atoms with Gasteiger partial charge >= 0.3 is 0 Å². The van der Waals surface area contributed by atoms with Crippen molar-refractivity contribution in [2.45, 2.75) is 45.8 Å². The van der Waals surface area contributed by atoms with Gasteiger partial charge in [0.05, 0.1) is 30.6 Å². The number of nitrogens with two attached hydrogens (primary N) is 1. The van der Waals surface area contributed by atoms with E-state index in [0.717, 1.165) is 0 Å². The van der Waals surface area contributed by atoms with Crippen molar-refractivity contribution >= 4 is 11.6 Å². The monoisotopic (exact) mass is 293 g/mol. The second kappa shape index (κ2) is 6.36. The van der Waals surface area contributed by atoms with Crippen molar-refractivity contribution in [1.29, 1.82) is 0 Å². The Bertz CT molecular complexity index is 520. The molecule has 2 atom stereocenters. The number of carbonyl (C=O) groups excluding carboxylic acids is 1. The van der Waals surface area contributed by atoms with Crippen LogP contribution in [0, 0.1) is 0 Å². The van der Waals surface area contributed by atoms with E-state index in [1.165, 1.54) is 0 Å². The van der Waals surface area contributed by atoms with Gasteiger partial charge in [0.2, 0.25) is 0 Å². The maximum Gasteiger partial charge on any atom is 0.275 e. The van der Waals surface area contributed by atoms with Crippen molar-refractivity contribution in [1.82, 2.24) is 14.9 Å². The molecule has 0 bridgehead atoms. The maximum absolute atomic E-state index is 12.8. The second-order valence-corrected chi connectivity index (χ2v) is 5.74. The molecule has 2 rings (SSSR count). The number of nitrogen functional groups attached to an aromatic ring is 1. The van der Waals surface area contributed by atoms with Crippen LogP contribution in [0.5, 0.6) is 0 Å². The Morgan fingerprint density at radius 3 is 2.86 bits per heavy atom. The number of anilines is 1. The van der Waals surface area contributed by atoms with Gasteiger partial charge in [0.15, 0.2) is 5.69 Å². The standard InChI is InChI=1S/C14H23N5O2/c1-8(2)13-16-5-11(18-15)12(17-13)14(20)19-6-10(4)21-7-9(19)3/h5,8-10,18H,6-7,15H2,1-4H3. The van der Waals surface area contributed by atoms with Crippen molar-refractivity contribution < 1.29 is 9.53 Å². The van der Waals surface area contributed by atoms with Crippen molar-refractivity contribution in [2.75, 3.05) is 18.6 Å². The SMILES string of the molecule is CC1CN(C(=O)c2nc(C(C)C)ncc2NN)C(C)CO1. The summed E-state index contributed by atoms with van der Waals surface area (Å²) in [6.07, 6.45) is 1.58. The molecule has 1 aliphatic rings. The number of hydrogen-bond acceptors (Lipinski definition) is 6. The molecule has 21 heavy (non-hydrogen) atoms. The summed E-state index contributed by atoms with van der Waals surface area (Å²) < 4.78 is 5.56. The lowest BCUT2D eigenvalue weighted by Gasteiger charge is -2.36. The maximum atomic E-state index is 12.8. The van der Waals surface area contributed by atoms with Crippen LogP contribution in [0.15, 0.2) is 6.20 Å². The molecule has 1 aromatic heterocycles. The molecule has 0 aromatic carbocycles. The summed E-state index contributed by atoms with van der Waals surface area (Å²) >= 11 is 0. The van der Waals surface area contributed by atoms with E-state index in [2.05, 4.69) is 15.4 Å². The number of amides is 1. The summed E-state index contributed by atoms with van der Waals surface area (Å²) in [6, 6.07) is 0.0109. The smallest absolute Gasteiger partial charge is 0.275 e. The summed E-state index contributed by atoms with van der Waals surface area (Å²) in [5, 5.41) is 0. The molecule has 1 saturated heterocycles. The Morgan fingerprint density at radius 2 is 2.24 bits per heavy atom. The minimum atomic E-state index is -0.144. The van der Waals surface area contributed by atoms with Crippen molar-refractivity contribution in [3.05, 3.63) is 17.7 Å². The Kier molecular flexibility index (Phi) is 4.74. The first kappa shape index (κ1) is 15.7. The zero-order valence-electron chi connectivity index (χ0n) is 13.0. The molecule has 0 saturated carbocycles. The van der Waals surface area contributed by atoms with E-state index < -0.39 is 0 Å². The lowest BCUT2D eigenvalue weighted by molar-refractivity contribution is -0.0388. The fourth-order valence-corrected chi connectivity index (χ4v) is 2.26. The summed E-state index contributed by atoms with van der Waals surface area (Å²) in [5.41, 5.74) is 3.26. The second-order valence-electron chi connectivity index (χ2n) is 5.74. The third-order valence-electron chi connectivity index (χ3n) is 3.55. The number of rotatable bonds is 3. The normalized spacial score (nSPS) is 22.5. The number of hydrazine groups is 1. The quantitative estimate of drug-likeness (QED) is 0.641. The first-order chi connectivity index (χ1) is 9.93. The van der Waals surface area contributed by atoms with Gasteiger partial charge in [0.1, 0.15) is 5.82 Å². The third kappa shape index (κ3) is 3.30. The fourth-order valence-electron chi connectivity index (χ4n) is 2.26. The Morgan fingerprint density at radius 1 is 1.52 bits per heavy atom. The summed E-state index contributed by atoms with van der Waals surface area (Å²) in [6.45, 7) is 8.96. The molecule has 2 unspecified atom stereocenters. The summed E-state index contributed by atoms with van der Waals surface area (Å²) in [4.78, 5) is 23.2. The largest absolute Gasteiger partial charge is 0.375 e. The van der Waals surface area contributed by atoms with Crippen LogP contribution in [-0.4, -0.2) is 46.1 Å². The van der Waals surface area contributed by atoms with E-state index in [-0.39, 0.29) is 24.0 Å². The predicted molar refractivity (Wildman–Crippen MR) is 79.8 cm³/mol. The van der Waals surface area contributed by atoms with Gasteiger partial charge in [0, 0.05) is 12.5 Å². The topological polar surface area (TPSA) is 93.4 Å². The Balaban J connectivity index is 2.34. The van der Waals surface area contributed by atoms with Gasteiger partial charge in [-0.3, -0.25) is 10.6 Å².